The molecule has 0 fully saturated rings. The molecule has 19 heavy (non-hydrogen) atoms. The zero-order valence-corrected chi connectivity index (χ0v) is 13.5. The number of thiophene rings is 1. The lowest BCUT2D eigenvalue weighted by atomic mass is 9.88. The Labute approximate surface area is 131 Å². The standard InChI is InChI=1S/C13H14Cl3NOS/c1-8(17-2)12(18,13(14,15)16)10-3-4-11-9(7-10)5-6-19-11/h3-8,17-18H,1-2H3. The van der Waals surface area contributed by atoms with Gasteiger partial charge in [0.1, 0.15) is 0 Å². The van der Waals surface area contributed by atoms with E-state index < -0.39 is 15.4 Å². The summed E-state index contributed by atoms with van der Waals surface area (Å²) in [4.78, 5) is 0. The molecule has 2 atom stereocenters. The molecule has 0 spiro atoms. The van der Waals surface area contributed by atoms with Crippen LogP contribution >= 0.6 is 46.1 Å². The van der Waals surface area contributed by atoms with Crippen molar-refractivity contribution >= 4 is 56.2 Å². The third kappa shape index (κ3) is 2.60. The third-order valence-corrected chi connectivity index (χ3v) is 5.15. The second-order valence-electron chi connectivity index (χ2n) is 4.45. The van der Waals surface area contributed by atoms with Crippen molar-refractivity contribution in [2.24, 2.45) is 0 Å². The Balaban J connectivity index is 2.60. The highest BCUT2D eigenvalue weighted by atomic mass is 35.6. The molecule has 0 radical (unpaired) electrons. The van der Waals surface area contributed by atoms with Crippen LogP contribution in [0.25, 0.3) is 10.1 Å². The van der Waals surface area contributed by atoms with Crippen LogP contribution in [0.3, 0.4) is 0 Å². The van der Waals surface area contributed by atoms with Crippen LogP contribution in [0.15, 0.2) is 29.6 Å². The van der Waals surface area contributed by atoms with E-state index >= 15 is 0 Å². The highest BCUT2D eigenvalue weighted by Gasteiger charge is 2.52. The summed E-state index contributed by atoms with van der Waals surface area (Å²) < 4.78 is -0.702. The number of alkyl halides is 3. The maximum absolute atomic E-state index is 10.9. The van der Waals surface area contributed by atoms with E-state index in [0.29, 0.717) is 5.56 Å². The van der Waals surface area contributed by atoms with E-state index in [1.807, 2.05) is 23.6 Å². The van der Waals surface area contributed by atoms with E-state index in [-0.39, 0.29) is 0 Å². The molecule has 0 bridgehead atoms. The molecule has 2 rings (SSSR count). The summed E-state index contributed by atoms with van der Waals surface area (Å²) in [5, 5.41) is 16.9. The third-order valence-electron chi connectivity index (χ3n) is 3.38. The zero-order valence-electron chi connectivity index (χ0n) is 10.5. The monoisotopic (exact) mass is 337 g/mol. The number of aliphatic hydroxyl groups is 1. The highest BCUT2D eigenvalue weighted by molar-refractivity contribution is 7.17. The summed E-state index contributed by atoms with van der Waals surface area (Å²) in [7, 11) is 1.72. The number of halogens is 3. The first kappa shape index (κ1) is 15.4. The number of fused-ring (bicyclic) bond motifs is 1. The SMILES string of the molecule is CNC(C)C(O)(c1ccc2sccc2c1)C(Cl)(Cl)Cl. The minimum atomic E-state index is -1.83. The Bertz CT molecular complexity index is 581. The van der Waals surface area contributed by atoms with Gasteiger partial charge in [-0.1, -0.05) is 40.9 Å². The summed E-state index contributed by atoms with van der Waals surface area (Å²) in [5.74, 6) is 0. The second kappa shape index (κ2) is 5.40. The van der Waals surface area contributed by atoms with E-state index in [1.54, 1.807) is 31.4 Å². The maximum atomic E-state index is 10.9. The van der Waals surface area contributed by atoms with Crippen LogP contribution in [0.1, 0.15) is 12.5 Å². The van der Waals surface area contributed by atoms with Gasteiger partial charge in [-0.15, -0.1) is 11.3 Å². The smallest absolute Gasteiger partial charge is 0.224 e. The number of likely N-dealkylation sites (N-methyl/N-ethyl adjacent to an activating group) is 1. The van der Waals surface area contributed by atoms with E-state index in [2.05, 4.69) is 5.32 Å². The van der Waals surface area contributed by atoms with Gasteiger partial charge in [-0.2, -0.15) is 0 Å². The molecule has 2 nitrogen and oxygen atoms in total. The predicted octanol–water partition coefficient (Wildman–Crippen LogP) is 4.07. The van der Waals surface area contributed by atoms with Crippen molar-refractivity contribution in [3.8, 4) is 0 Å². The molecule has 6 heteroatoms. The van der Waals surface area contributed by atoms with Gasteiger partial charge in [0.05, 0.1) is 0 Å². The molecule has 1 aromatic heterocycles. The lowest BCUT2D eigenvalue weighted by Gasteiger charge is -2.40. The molecule has 104 valence electrons. The first-order valence-corrected chi connectivity index (χ1v) is 7.76. The Morgan fingerprint density at radius 2 is 1.95 bits per heavy atom. The summed E-state index contributed by atoms with van der Waals surface area (Å²) in [6.07, 6.45) is 0. The maximum Gasteiger partial charge on any atom is 0.224 e. The molecule has 2 N–H and O–H groups in total. The first-order chi connectivity index (χ1) is 8.80. The zero-order chi connectivity index (χ0) is 14.3. The average molecular weight is 339 g/mol. The summed E-state index contributed by atoms with van der Waals surface area (Å²) >= 11 is 19.7. The Morgan fingerprint density at radius 3 is 2.53 bits per heavy atom. The number of rotatable bonds is 3. The number of hydrogen-bond donors (Lipinski definition) is 2. The van der Waals surface area contributed by atoms with Crippen LogP contribution in [-0.4, -0.2) is 22.0 Å². The van der Waals surface area contributed by atoms with Gasteiger partial charge >= 0.3 is 0 Å². The number of nitrogens with one attached hydrogen (secondary N) is 1. The molecule has 0 saturated carbocycles. The minimum Gasteiger partial charge on any atom is -0.379 e. The average Bonchev–Trinajstić information content (AvgIpc) is 2.82. The van der Waals surface area contributed by atoms with Crippen molar-refractivity contribution in [3.05, 3.63) is 35.2 Å². The number of benzene rings is 1. The van der Waals surface area contributed by atoms with Crippen LogP contribution in [0.4, 0.5) is 0 Å². The van der Waals surface area contributed by atoms with Crippen LogP contribution in [-0.2, 0) is 5.60 Å². The van der Waals surface area contributed by atoms with Crippen molar-refractivity contribution < 1.29 is 5.11 Å². The lowest BCUT2D eigenvalue weighted by molar-refractivity contribution is 0.00863. The molecule has 0 amide bonds. The second-order valence-corrected chi connectivity index (χ2v) is 7.68. The fourth-order valence-corrected chi connectivity index (χ4v) is 3.66. The van der Waals surface area contributed by atoms with Crippen molar-refractivity contribution in [2.75, 3.05) is 7.05 Å². The van der Waals surface area contributed by atoms with E-state index in [1.165, 1.54) is 0 Å². The Morgan fingerprint density at radius 1 is 1.26 bits per heavy atom. The number of hydrogen-bond acceptors (Lipinski definition) is 3. The predicted molar refractivity (Wildman–Crippen MR) is 84.5 cm³/mol. The molecule has 0 aliphatic rings. The highest BCUT2D eigenvalue weighted by Crippen LogP contribution is 2.47. The summed E-state index contributed by atoms with van der Waals surface area (Å²) in [6, 6.07) is 7.15. The van der Waals surface area contributed by atoms with Gasteiger partial charge in [0.25, 0.3) is 0 Å². The van der Waals surface area contributed by atoms with Crippen LogP contribution in [0, 0.1) is 0 Å². The van der Waals surface area contributed by atoms with Gasteiger partial charge < -0.3 is 10.4 Å². The summed E-state index contributed by atoms with van der Waals surface area (Å²) in [6.45, 7) is 1.78. The van der Waals surface area contributed by atoms with Crippen LogP contribution in [0.2, 0.25) is 0 Å². The fraction of sp³-hybridized carbons (Fsp3) is 0.385. The molecule has 2 unspecified atom stereocenters. The van der Waals surface area contributed by atoms with Crippen LogP contribution in [0.5, 0.6) is 0 Å². The minimum absolute atomic E-state index is 0.420. The van der Waals surface area contributed by atoms with E-state index in [9.17, 15) is 5.11 Å². The van der Waals surface area contributed by atoms with E-state index in [4.69, 9.17) is 34.8 Å². The molecule has 1 heterocycles. The Kier molecular flexibility index (Phi) is 4.36. The quantitative estimate of drug-likeness (QED) is 0.827. The molecule has 0 aliphatic heterocycles. The van der Waals surface area contributed by atoms with Gasteiger partial charge in [-0.05, 0) is 48.5 Å². The summed E-state index contributed by atoms with van der Waals surface area (Å²) in [5.41, 5.74) is -1.03. The fourth-order valence-electron chi connectivity index (χ4n) is 2.07. The molecular weight excluding hydrogens is 325 g/mol. The topological polar surface area (TPSA) is 32.3 Å². The van der Waals surface area contributed by atoms with Crippen molar-refractivity contribution in [1.29, 1.82) is 0 Å². The van der Waals surface area contributed by atoms with Gasteiger partial charge in [-0.25, -0.2) is 0 Å². The van der Waals surface area contributed by atoms with Gasteiger partial charge in [0, 0.05) is 10.7 Å². The largest absolute Gasteiger partial charge is 0.379 e. The van der Waals surface area contributed by atoms with Crippen molar-refractivity contribution in [3.63, 3.8) is 0 Å². The van der Waals surface area contributed by atoms with E-state index in [0.717, 1.165) is 10.1 Å². The normalized spacial score (nSPS) is 17.4. The molecule has 1 aromatic carbocycles. The van der Waals surface area contributed by atoms with Gasteiger partial charge in [-0.3, -0.25) is 0 Å². The lowest BCUT2D eigenvalue weighted by Crippen LogP contribution is -2.53. The molecule has 2 aromatic rings. The molecule has 0 aliphatic carbocycles. The first-order valence-electron chi connectivity index (χ1n) is 5.75. The Hall–Kier alpha value is -0.0300. The van der Waals surface area contributed by atoms with Gasteiger partial charge in [0.2, 0.25) is 3.79 Å². The van der Waals surface area contributed by atoms with Crippen LogP contribution < -0.4 is 5.32 Å². The van der Waals surface area contributed by atoms with Gasteiger partial charge in [0.15, 0.2) is 5.60 Å². The molecular formula is C13H14Cl3NOS. The van der Waals surface area contributed by atoms with Crippen molar-refractivity contribution in [2.45, 2.75) is 22.4 Å². The molecule has 0 saturated heterocycles. The van der Waals surface area contributed by atoms with Crippen molar-refractivity contribution in [1.82, 2.24) is 5.32 Å².